The van der Waals surface area contributed by atoms with Gasteiger partial charge in [-0.2, -0.15) is 13.2 Å². The van der Waals surface area contributed by atoms with Gasteiger partial charge in [0.25, 0.3) is 0 Å². The number of unbranched alkanes of at least 4 members (excludes halogenated alkanes) is 1. The molecule has 1 N–H and O–H groups in total. The number of rotatable bonds is 9. The molecule has 0 bridgehead atoms. The summed E-state index contributed by atoms with van der Waals surface area (Å²) in [5, 5.41) is 9.30. The minimum absolute atomic E-state index is 0.184. The zero-order valence-corrected chi connectivity index (χ0v) is 16.6. The van der Waals surface area contributed by atoms with Gasteiger partial charge in [-0.05, 0) is 36.7 Å². The van der Waals surface area contributed by atoms with Crippen LogP contribution in [0.15, 0.2) is 36.7 Å². The van der Waals surface area contributed by atoms with Crippen LogP contribution in [-0.4, -0.2) is 35.9 Å². The van der Waals surface area contributed by atoms with Crippen LogP contribution in [0.4, 0.5) is 13.2 Å². The van der Waals surface area contributed by atoms with Gasteiger partial charge in [0.05, 0.1) is 19.0 Å². The van der Waals surface area contributed by atoms with Gasteiger partial charge in [0, 0.05) is 20.1 Å². The summed E-state index contributed by atoms with van der Waals surface area (Å²) in [5.74, 6) is 1.29. The molecule has 0 aliphatic heterocycles. The van der Waals surface area contributed by atoms with Crippen molar-refractivity contribution in [2.45, 2.75) is 50.6 Å². The lowest BCUT2D eigenvalue weighted by atomic mass is 10.2. The van der Waals surface area contributed by atoms with Gasteiger partial charge in [0.1, 0.15) is 5.75 Å². The number of hydrogen-bond acceptors (Lipinski definition) is 4. The third-order valence-electron chi connectivity index (χ3n) is 4.36. The van der Waals surface area contributed by atoms with Crippen LogP contribution >= 0.6 is 0 Å². The minimum Gasteiger partial charge on any atom is -0.508 e. The largest absolute Gasteiger partial charge is 0.508 e. The minimum atomic E-state index is -4.06. The van der Waals surface area contributed by atoms with Crippen molar-refractivity contribution in [2.24, 2.45) is 0 Å². The van der Waals surface area contributed by atoms with Gasteiger partial charge in [0.2, 0.25) is 0 Å². The number of hydrogen-bond donors (Lipinski definition) is 1. The van der Waals surface area contributed by atoms with Crippen LogP contribution in [0.5, 0.6) is 11.5 Å². The van der Waals surface area contributed by atoms with Gasteiger partial charge < -0.3 is 9.84 Å². The fraction of sp³-hybridized carbons (Fsp3) is 0.474. The van der Waals surface area contributed by atoms with Gasteiger partial charge >= 0.3 is 6.18 Å². The molecule has 0 atom stereocenters. The highest BCUT2D eigenvalue weighted by molar-refractivity contribution is 6.77. The van der Waals surface area contributed by atoms with Gasteiger partial charge in [-0.3, -0.25) is 0 Å². The van der Waals surface area contributed by atoms with Crippen LogP contribution in [-0.2, 0) is 0 Å². The number of alkyl halides is 3. The topological polar surface area (TPSA) is 55.2 Å². The Morgan fingerprint density at radius 2 is 1.63 bits per heavy atom. The van der Waals surface area contributed by atoms with Crippen molar-refractivity contribution in [2.75, 3.05) is 6.61 Å². The van der Waals surface area contributed by atoms with Crippen LogP contribution in [0.1, 0.15) is 19.3 Å². The molecule has 27 heavy (non-hydrogen) atoms. The maximum Gasteiger partial charge on any atom is 0.388 e. The van der Waals surface area contributed by atoms with Crippen molar-refractivity contribution in [3.8, 4) is 22.9 Å². The predicted molar refractivity (Wildman–Crippen MR) is 102 cm³/mol. The highest BCUT2D eigenvalue weighted by Crippen LogP contribution is 2.29. The number of aromatic nitrogens is 2. The first-order valence-corrected chi connectivity index (χ1v) is 12.4. The summed E-state index contributed by atoms with van der Waals surface area (Å²) >= 11 is 0. The van der Waals surface area contributed by atoms with E-state index in [1.165, 1.54) is 0 Å². The van der Waals surface area contributed by atoms with Crippen molar-refractivity contribution in [1.29, 1.82) is 0 Å². The number of benzene rings is 1. The lowest BCUT2D eigenvalue weighted by Gasteiger charge is -2.23. The molecule has 2 rings (SSSR count). The Hall–Kier alpha value is -2.09. The normalized spacial score (nSPS) is 12.2. The van der Waals surface area contributed by atoms with Gasteiger partial charge in [0.15, 0.2) is 11.6 Å². The van der Waals surface area contributed by atoms with E-state index in [1.807, 2.05) is 13.1 Å². The first-order chi connectivity index (χ1) is 12.6. The molecule has 4 nitrogen and oxygen atoms in total. The molecule has 0 unspecified atom stereocenters. The summed E-state index contributed by atoms with van der Waals surface area (Å²) in [6, 6.07) is 7.75. The Bertz CT molecular complexity index is 704. The molecule has 0 amide bonds. The maximum absolute atomic E-state index is 12.4. The maximum atomic E-state index is 12.4. The molecule has 0 radical (unpaired) electrons. The number of phenols is 1. The first kappa shape index (κ1) is 21.2. The molecule has 0 aliphatic rings. The zero-order valence-electron chi connectivity index (χ0n) is 15.6. The average Bonchev–Trinajstić information content (AvgIpc) is 2.61. The van der Waals surface area contributed by atoms with E-state index in [1.54, 1.807) is 36.7 Å². The molecule has 0 aliphatic carbocycles. The van der Waals surface area contributed by atoms with Crippen molar-refractivity contribution < 1.29 is 23.0 Å². The molecule has 1 heterocycles. The number of ether oxygens (including phenoxy) is 1. The van der Waals surface area contributed by atoms with Crippen molar-refractivity contribution in [3.05, 3.63) is 36.7 Å². The Balaban J connectivity index is 1.70. The zero-order chi connectivity index (χ0) is 19.9. The Kier molecular flexibility index (Phi) is 7.23. The van der Waals surface area contributed by atoms with Crippen LogP contribution in [0, 0.1) is 0 Å². The van der Waals surface area contributed by atoms with E-state index >= 15 is 0 Å². The molecule has 0 saturated heterocycles. The van der Waals surface area contributed by atoms with E-state index in [4.69, 9.17) is 4.74 Å². The van der Waals surface area contributed by atoms with Gasteiger partial charge in [-0.1, -0.05) is 25.6 Å². The Labute approximate surface area is 158 Å². The lowest BCUT2D eigenvalue weighted by molar-refractivity contribution is -0.130. The number of aromatic hydroxyl groups is 1. The van der Waals surface area contributed by atoms with Gasteiger partial charge in [-0.25, -0.2) is 9.97 Å². The highest BCUT2D eigenvalue weighted by Gasteiger charge is 2.31. The summed E-state index contributed by atoms with van der Waals surface area (Å²) < 4.78 is 42.7. The summed E-state index contributed by atoms with van der Waals surface area (Å²) in [6.07, 6.45) is 0.118. The molecule has 1 aromatic heterocycles. The van der Waals surface area contributed by atoms with E-state index in [2.05, 4.69) is 9.97 Å². The van der Waals surface area contributed by atoms with Crippen LogP contribution < -0.4 is 4.74 Å². The lowest BCUT2D eigenvalue weighted by Crippen LogP contribution is -2.27. The van der Waals surface area contributed by atoms with Crippen molar-refractivity contribution in [1.82, 2.24) is 9.97 Å². The fourth-order valence-electron chi connectivity index (χ4n) is 2.65. The molecule has 148 valence electrons. The Morgan fingerprint density at radius 3 is 2.22 bits per heavy atom. The van der Waals surface area contributed by atoms with Crippen molar-refractivity contribution >= 4 is 8.07 Å². The summed E-state index contributed by atoms with van der Waals surface area (Å²) in [5.41, 5.74) is 0.797. The Morgan fingerprint density at radius 1 is 1.00 bits per heavy atom. The highest BCUT2D eigenvalue weighted by atomic mass is 28.3. The molecule has 0 spiro atoms. The van der Waals surface area contributed by atoms with E-state index in [-0.39, 0.29) is 11.8 Å². The molecule has 8 heteroatoms. The number of halogens is 3. The third kappa shape index (κ3) is 7.98. The summed E-state index contributed by atoms with van der Waals surface area (Å²) in [6.45, 7) is 4.51. The summed E-state index contributed by atoms with van der Waals surface area (Å²) in [7, 11) is -1.81. The van der Waals surface area contributed by atoms with Crippen LogP contribution in [0.3, 0.4) is 0 Å². The van der Waals surface area contributed by atoms with E-state index in [0.29, 0.717) is 18.2 Å². The number of phenolic OH excluding ortho intramolecular Hbond substituents is 1. The molecular weight excluding hydrogens is 373 g/mol. The van der Waals surface area contributed by atoms with E-state index in [9.17, 15) is 18.3 Å². The van der Waals surface area contributed by atoms with E-state index < -0.39 is 20.7 Å². The smallest absolute Gasteiger partial charge is 0.388 e. The standard InChI is InChI=1S/C19H25F3N2O2Si/c1-27(2,12-9-19(20,21)22)11-4-3-10-26-17-13-23-18(24-14-17)15-5-7-16(25)8-6-15/h5-8,13-14,25H,3-4,9-12H2,1-2H3. The fourth-order valence-corrected chi connectivity index (χ4v) is 5.07. The molecule has 0 fully saturated rings. The molecule has 2 aromatic rings. The van der Waals surface area contributed by atoms with Crippen LogP contribution in [0.25, 0.3) is 11.4 Å². The second kappa shape index (κ2) is 9.21. The average molecular weight is 399 g/mol. The second-order valence-corrected chi connectivity index (χ2v) is 12.7. The summed E-state index contributed by atoms with van der Waals surface area (Å²) in [4.78, 5) is 8.49. The molecular formula is C19H25F3N2O2Si. The molecule has 0 saturated carbocycles. The number of nitrogens with zero attached hydrogens (tertiary/aromatic N) is 2. The van der Waals surface area contributed by atoms with E-state index in [0.717, 1.165) is 24.4 Å². The van der Waals surface area contributed by atoms with Gasteiger partial charge in [-0.15, -0.1) is 0 Å². The first-order valence-electron chi connectivity index (χ1n) is 8.96. The predicted octanol–water partition coefficient (Wildman–Crippen LogP) is 5.67. The quantitative estimate of drug-likeness (QED) is 0.437. The monoisotopic (exact) mass is 398 g/mol. The third-order valence-corrected chi connectivity index (χ3v) is 7.67. The van der Waals surface area contributed by atoms with Crippen molar-refractivity contribution in [3.63, 3.8) is 0 Å². The second-order valence-electron chi connectivity index (χ2n) is 7.37. The molecule has 1 aromatic carbocycles. The van der Waals surface area contributed by atoms with Crippen LogP contribution in [0.2, 0.25) is 25.2 Å². The SMILES string of the molecule is C[Si](C)(CCCCOc1cnc(-c2ccc(O)cc2)nc1)CCC(F)(F)F.